The molecule has 2 aliphatic heterocycles. The van der Waals surface area contributed by atoms with E-state index in [-0.39, 0.29) is 5.54 Å². The van der Waals surface area contributed by atoms with Crippen molar-refractivity contribution in [3.05, 3.63) is 0 Å². The first kappa shape index (κ1) is 13.7. The molecule has 2 unspecified atom stereocenters. The van der Waals surface area contributed by atoms with Gasteiger partial charge in [0, 0.05) is 31.0 Å². The van der Waals surface area contributed by atoms with Crippen molar-refractivity contribution in [3.8, 4) is 0 Å². The van der Waals surface area contributed by atoms with Crippen molar-refractivity contribution in [1.82, 2.24) is 4.90 Å². The van der Waals surface area contributed by atoms with Gasteiger partial charge in [0.15, 0.2) is 0 Å². The van der Waals surface area contributed by atoms with E-state index in [2.05, 4.69) is 23.6 Å². The monoisotopic (exact) mass is 258 g/mol. The summed E-state index contributed by atoms with van der Waals surface area (Å²) >= 11 is 2.07. The summed E-state index contributed by atoms with van der Waals surface area (Å²) in [7, 11) is 0. The van der Waals surface area contributed by atoms with E-state index >= 15 is 0 Å². The van der Waals surface area contributed by atoms with Crippen molar-refractivity contribution in [1.29, 1.82) is 0 Å². The van der Waals surface area contributed by atoms with Crippen LogP contribution in [0.25, 0.3) is 0 Å². The fourth-order valence-electron chi connectivity index (χ4n) is 3.07. The summed E-state index contributed by atoms with van der Waals surface area (Å²) in [6.07, 6.45) is 5.47. The molecule has 4 heteroatoms. The summed E-state index contributed by atoms with van der Waals surface area (Å²) < 4.78 is 5.78. The molecule has 2 saturated heterocycles. The fourth-order valence-corrected chi connectivity index (χ4v) is 4.39. The first-order chi connectivity index (χ1) is 8.30. The minimum Gasteiger partial charge on any atom is -0.377 e. The number of thioether (sulfide) groups is 1. The van der Waals surface area contributed by atoms with Gasteiger partial charge in [0.05, 0.1) is 6.10 Å². The SMILES string of the molecule is CCN(CC1CCCO1)C1(CN)CCCSC1. The Morgan fingerprint density at radius 1 is 1.47 bits per heavy atom. The molecule has 2 rings (SSSR count). The smallest absolute Gasteiger partial charge is 0.0703 e. The van der Waals surface area contributed by atoms with Gasteiger partial charge in [-0.2, -0.15) is 11.8 Å². The van der Waals surface area contributed by atoms with E-state index in [1.807, 2.05) is 0 Å². The van der Waals surface area contributed by atoms with Crippen molar-refractivity contribution in [2.45, 2.75) is 44.2 Å². The van der Waals surface area contributed by atoms with Crippen molar-refractivity contribution < 1.29 is 4.74 Å². The predicted molar refractivity (Wildman–Crippen MR) is 74.6 cm³/mol. The zero-order valence-electron chi connectivity index (χ0n) is 11.0. The molecule has 17 heavy (non-hydrogen) atoms. The standard InChI is InChI=1S/C13H26N2OS/c1-2-15(9-12-5-3-7-16-12)13(10-14)6-4-8-17-11-13/h12H,2-11,14H2,1H3. The maximum atomic E-state index is 6.09. The van der Waals surface area contributed by atoms with Crippen LogP contribution in [-0.4, -0.2) is 54.3 Å². The van der Waals surface area contributed by atoms with Crippen LogP contribution in [0.2, 0.25) is 0 Å². The van der Waals surface area contributed by atoms with Crippen LogP contribution in [0.5, 0.6) is 0 Å². The summed E-state index contributed by atoms with van der Waals surface area (Å²) in [6, 6.07) is 0. The van der Waals surface area contributed by atoms with Crippen LogP contribution in [0.15, 0.2) is 0 Å². The minimum absolute atomic E-state index is 0.240. The molecule has 0 amide bonds. The molecule has 0 aromatic carbocycles. The molecule has 2 fully saturated rings. The van der Waals surface area contributed by atoms with Gasteiger partial charge in [0.1, 0.15) is 0 Å². The van der Waals surface area contributed by atoms with Gasteiger partial charge in [-0.05, 0) is 38.0 Å². The van der Waals surface area contributed by atoms with Gasteiger partial charge >= 0.3 is 0 Å². The van der Waals surface area contributed by atoms with Crippen molar-refractivity contribution >= 4 is 11.8 Å². The molecule has 0 radical (unpaired) electrons. The molecule has 0 aromatic heterocycles. The molecule has 0 bridgehead atoms. The number of hydrogen-bond donors (Lipinski definition) is 1. The van der Waals surface area contributed by atoms with Gasteiger partial charge in [0.25, 0.3) is 0 Å². The maximum Gasteiger partial charge on any atom is 0.0703 e. The first-order valence-electron chi connectivity index (χ1n) is 6.95. The highest BCUT2D eigenvalue weighted by atomic mass is 32.2. The zero-order chi connectivity index (χ0) is 12.1. The minimum atomic E-state index is 0.240. The van der Waals surface area contributed by atoms with E-state index in [0.29, 0.717) is 6.10 Å². The lowest BCUT2D eigenvalue weighted by molar-refractivity contribution is 0.0282. The summed E-state index contributed by atoms with van der Waals surface area (Å²) in [6.45, 7) is 6.17. The van der Waals surface area contributed by atoms with Gasteiger partial charge < -0.3 is 10.5 Å². The van der Waals surface area contributed by atoms with Crippen LogP contribution in [0.3, 0.4) is 0 Å². The lowest BCUT2D eigenvalue weighted by atomic mass is 9.92. The second-order valence-electron chi connectivity index (χ2n) is 5.26. The van der Waals surface area contributed by atoms with Gasteiger partial charge in [-0.3, -0.25) is 4.90 Å². The second-order valence-corrected chi connectivity index (χ2v) is 6.36. The van der Waals surface area contributed by atoms with E-state index in [1.165, 1.54) is 37.2 Å². The van der Waals surface area contributed by atoms with Gasteiger partial charge in [-0.1, -0.05) is 6.92 Å². The summed E-state index contributed by atoms with van der Waals surface area (Å²) in [5, 5.41) is 0. The molecular weight excluding hydrogens is 232 g/mol. The number of ether oxygens (including phenoxy) is 1. The fraction of sp³-hybridized carbons (Fsp3) is 1.00. The molecular formula is C13H26N2OS. The van der Waals surface area contributed by atoms with E-state index in [0.717, 1.165) is 26.2 Å². The molecule has 0 saturated carbocycles. The van der Waals surface area contributed by atoms with Crippen LogP contribution in [-0.2, 0) is 4.74 Å². The lowest BCUT2D eigenvalue weighted by Crippen LogP contribution is -2.58. The van der Waals surface area contributed by atoms with Crippen molar-refractivity contribution in [2.24, 2.45) is 5.73 Å². The molecule has 2 heterocycles. The third kappa shape index (κ3) is 3.16. The van der Waals surface area contributed by atoms with Crippen LogP contribution in [0, 0.1) is 0 Å². The van der Waals surface area contributed by atoms with E-state index in [1.54, 1.807) is 0 Å². The first-order valence-corrected chi connectivity index (χ1v) is 8.11. The molecule has 2 N–H and O–H groups in total. The topological polar surface area (TPSA) is 38.5 Å². The normalized spacial score (nSPS) is 34.4. The van der Waals surface area contributed by atoms with E-state index in [9.17, 15) is 0 Å². The Hall–Kier alpha value is 0.230. The van der Waals surface area contributed by atoms with Gasteiger partial charge in [-0.15, -0.1) is 0 Å². The molecule has 2 aliphatic rings. The Balaban J connectivity index is 1.97. The Kier molecular flexibility index (Phi) is 5.15. The van der Waals surface area contributed by atoms with Gasteiger partial charge in [-0.25, -0.2) is 0 Å². The van der Waals surface area contributed by atoms with Crippen LogP contribution < -0.4 is 5.73 Å². The molecule has 100 valence electrons. The van der Waals surface area contributed by atoms with Crippen LogP contribution >= 0.6 is 11.8 Å². The number of hydrogen-bond acceptors (Lipinski definition) is 4. The highest BCUT2D eigenvalue weighted by molar-refractivity contribution is 7.99. The Labute approximate surface area is 109 Å². The molecule has 3 nitrogen and oxygen atoms in total. The van der Waals surface area contributed by atoms with Crippen molar-refractivity contribution in [2.75, 3.05) is 37.7 Å². The maximum absolute atomic E-state index is 6.09. The zero-order valence-corrected chi connectivity index (χ0v) is 11.8. The highest BCUT2D eigenvalue weighted by Crippen LogP contribution is 2.32. The quantitative estimate of drug-likeness (QED) is 0.815. The summed E-state index contributed by atoms with van der Waals surface area (Å²) in [4.78, 5) is 2.59. The molecule has 0 aliphatic carbocycles. The Morgan fingerprint density at radius 3 is 2.88 bits per heavy atom. The summed E-state index contributed by atoms with van der Waals surface area (Å²) in [5.74, 6) is 2.50. The van der Waals surface area contributed by atoms with Gasteiger partial charge in [0.2, 0.25) is 0 Å². The number of nitrogens with two attached hydrogens (primary N) is 1. The molecule has 0 spiro atoms. The van der Waals surface area contributed by atoms with E-state index in [4.69, 9.17) is 10.5 Å². The Morgan fingerprint density at radius 2 is 2.35 bits per heavy atom. The summed E-state index contributed by atoms with van der Waals surface area (Å²) in [5.41, 5.74) is 6.33. The lowest BCUT2D eigenvalue weighted by Gasteiger charge is -2.46. The molecule has 0 aromatic rings. The predicted octanol–water partition coefficient (Wildman–Crippen LogP) is 1.71. The average Bonchev–Trinajstić information content (AvgIpc) is 2.89. The molecule has 2 atom stereocenters. The third-order valence-electron chi connectivity index (χ3n) is 4.18. The van der Waals surface area contributed by atoms with Crippen LogP contribution in [0.4, 0.5) is 0 Å². The van der Waals surface area contributed by atoms with E-state index < -0.39 is 0 Å². The second kappa shape index (κ2) is 6.41. The average molecular weight is 258 g/mol. The van der Waals surface area contributed by atoms with Crippen LogP contribution in [0.1, 0.15) is 32.6 Å². The number of rotatable bonds is 5. The largest absolute Gasteiger partial charge is 0.377 e. The van der Waals surface area contributed by atoms with Crippen molar-refractivity contribution in [3.63, 3.8) is 0 Å². The number of nitrogens with zero attached hydrogens (tertiary/aromatic N) is 1. The highest BCUT2D eigenvalue weighted by Gasteiger charge is 2.37. The third-order valence-corrected chi connectivity index (χ3v) is 5.50. The Bertz CT molecular complexity index is 225. The number of likely N-dealkylation sites (N-methyl/N-ethyl adjacent to an activating group) is 1.